The van der Waals surface area contributed by atoms with Crippen LogP contribution >= 0.6 is 23.1 Å². The molecular formula is C24H33N3OS2. The molecule has 0 saturated carbocycles. The van der Waals surface area contributed by atoms with Crippen molar-refractivity contribution in [3.63, 3.8) is 0 Å². The lowest BCUT2D eigenvalue weighted by Crippen LogP contribution is -2.32. The summed E-state index contributed by atoms with van der Waals surface area (Å²) in [6.07, 6.45) is 10.2. The average molecular weight is 444 g/mol. The summed E-state index contributed by atoms with van der Waals surface area (Å²) in [7, 11) is 0. The molecule has 0 aromatic carbocycles. The molecular weight excluding hydrogens is 410 g/mol. The fourth-order valence-electron chi connectivity index (χ4n) is 4.06. The van der Waals surface area contributed by atoms with Crippen LogP contribution in [0.4, 0.5) is 0 Å². The number of ether oxygens (including phenoxy) is 1. The van der Waals surface area contributed by atoms with E-state index in [1.807, 2.05) is 18.7 Å². The number of aromatic nitrogens is 3. The van der Waals surface area contributed by atoms with Gasteiger partial charge in [-0.2, -0.15) is 0 Å². The molecule has 6 heteroatoms. The lowest BCUT2D eigenvalue weighted by Gasteiger charge is -2.30. The molecule has 1 aliphatic rings. The van der Waals surface area contributed by atoms with Gasteiger partial charge in [0.05, 0.1) is 28.1 Å². The number of fused-ring (bicyclic) bond motifs is 4. The highest BCUT2D eigenvalue weighted by molar-refractivity contribution is 7.99. The van der Waals surface area contributed by atoms with Crippen molar-refractivity contribution in [2.45, 2.75) is 96.3 Å². The quantitative estimate of drug-likeness (QED) is 0.198. The van der Waals surface area contributed by atoms with Gasteiger partial charge in [0.25, 0.3) is 0 Å². The number of hydrogen-bond acceptors (Lipinski definition) is 6. The monoisotopic (exact) mass is 443 g/mol. The van der Waals surface area contributed by atoms with E-state index in [2.05, 4.69) is 26.8 Å². The standard InChI is InChI=1S/C24H33N3OS2/c1-5-6-7-8-9-10-11-12-29-23-21-20(25-16(2)26-23)18-13-17-15-28-24(3,4)14-19(17)27-22(18)30-21/h13H,5-12,14-15H2,1-4H3. The van der Waals surface area contributed by atoms with Crippen LogP contribution in [0.5, 0.6) is 0 Å². The van der Waals surface area contributed by atoms with Crippen LogP contribution in [0.2, 0.25) is 0 Å². The molecule has 0 saturated heterocycles. The van der Waals surface area contributed by atoms with Gasteiger partial charge < -0.3 is 4.74 Å². The molecule has 30 heavy (non-hydrogen) atoms. The molecule has 0 aliphatic carbocycles. The van der Waals surface area contributed by atoms with Crippen LogP contribution in [-0.4, -0.2) is 26.3 Å². The van der Waals surface area contributed by atoms with Gasteiger partial charge in [-0.05, 0) is 39.0 Å². The highest BCUT2D eigenvalue weighted by Crippen LogP contribution is 2.39. The molecule has 4 heterocycles. The second-order valence-electron chi connectivity index (χ2n) is 9.00. The highest BCUT2D eigenvalue weighted by atomic mass is 32.2. The van der Waals surface area contributed by atoms with Gasteiger partial charge in [0.2, 0.25) is 0 Å². The molecule has 4 rings (SSSR count). The van der Waals surface area contributed by atoms with Crippen molar-refractivity contribution in [1.82, 2.24) is 15.0 Å². The third-order valence-corrected chi connectivity index (χ3v) is 8.04. The number of unbranched alkanes of at least 4 members (excludes halogenated alkanes) is 6. The van der Waals surface area contributed by atoms with E-state index >= 15 is 0 Å². The minimum Gasteiger partial charge on any atom is -0.370 e. The molecule has 0 atom stereocenters. The lowest BCUT2D eigenvalue weighted by molar-refractivity contribution is -0.0411. The number of hydrogen-bond donors (Lipinski definition) is 0. The van der Waals surface area contributed by atoms with Crippen molar-refractivity contribution < 1.29 is 4.74 Å². The van der Waals surface area contributed by atoms with Crippen LogP contribution in [0.15, 0.2) is 11.1 Å². The second-order valence-corrected chi connectivity index (χ2v) is 11.1. The Morgan fingerprint density at radius 1 is 1.07 bits per heavy atom. The van der Waals surface area contributed by atoms with E-state index in [0.29, 0.717) is 6.61 Å². The Morgan fingerprint density at radius 3 is 2.63 bits per heavy atom. The summed E-state index contributed by atoms with van der Waals surface area (Å²) in [5.41, 5.74) is 3.30. The summed E-state index contributed by atoms with van der Waals surface area (Å²) in [4.78, 5) is 15.7. The predicted octanol–water partition coefficient (Wildman–Crippen LogP) is 7.24. The van der Waals surface area contributed by atoms with Gasteiger partial charge >= 0.3 is 0 Å². The first-order valence-electron chi connectivity index (χ1n) is 11.3. The van der Waals surface area contributed by atoms with Crippen molar-refractivity contribution in [3.05, 3.63) is 23.1 Å². The van der Waals surface area contributed by atoms with Crippen molar-refractivity contribution in [1.29, 1.82) is 0 Å². The molecule has 0 bridgehead atoms. The van der Waals surface area contributed by atoms with Crippen LogP contribution in [0, 0.1) is 6.92 Å². The number of thioether (sulfide) groups is 1. The molecule has 0 radical (unpaired) electrons. The Bertz CT molecular complexity index is 1030. The van der Waals surface area contributed by atoms with Gasteiger partial charge in [-0.1, -0.05) is 45.4 Å². The van der Waals surface area contributed by atoms with E-state index in [1.165, 1.54) is 60.9 Å². The zero-order valence-electron chi connectivity index (χ0n) is 18.7. The van der Waals surface area contributed by atoms with E-state index < -0.39 is 0 Å². The van der Waals surface area contributed by atoms with Gasteiger partial charge in [0, 0.05) is 17.4 Å². The zero-order chi connectivity index (χ0) is 21.1. The second kappa shape index (κ2) is 9.49. The van der Waals surface area contributed by atoms with Crippen LogP contribution in [-0.2, 0) is 17.8 Å². The third kappa shape index (κ3) is 4.97. The van der Waals surface area contributed by atoms with Crippen molar-refractivity contribution in [2.75, 3.05) is 5.75 Å². The first-order valence-corrected chi connectivity index (χ1v) is 13.1. The molecule has 0 spiro atoms. The van der Waals surface area contributed by atoms with E-state index in [9.17, 15) is 0 Å². The summed E-state index contributed by atoms with van der Waals surface area (Å²) >= 11 is 3.64. The molecule has 0 unspecified atom stereocenters. The summed E-state index contributed by atoms with van der Waals surface area (Å²) in [5, 5.41) is 2.28. The van der Waals surface area contributed by atoms with Crippen LogP contribution in [0.25, 0.3) is 20.4 Å². The van der Waals surface area contributed by atoms with Crippen LogP contribution in [0.3, 0.4) is 0 Å². The van der Waals surface area contributed by atoms with E-state index in [4.69, 9.17) is 19.7 Å². The first-order chi connectivity index (χ1) is 14.5. The Kier molecular flexibility index (Phi) is 6.95. The predicted molar refractivity (Wildman–Crippen MR) is 129 cm³/mol. The van der Waals surface area contributed by atoms with Crippen molar-refractivity contribution >= 4 is 43.5 Å². The SMILES string of the molecule is CCCCCCCCCSc1nc(C)nc2c1sc1nc3c(cc12)COC(C)(C)C3. The fourth-order valence-corrected chi connectivity index (χ4v) is 6.33. The topological polar surface area (TPSA) is 47.9 Å². The molecule has 3 aromatic heterocycles. The van der Waals surface area contributed by atoms with Gasteiger partial charge in [0.1, 0.15) is 15.7 Å². The van der Waals surface area contributed by atoms with E-state index in [-0.39, 0.29) is 5.60 Å². The molecule has 3 aromatic rings. The maximum atomic E-state index is 6.01. The summed E-state index contributed by atoms with van der Waals surface area (Å²) < 4.78 is 7.20. The number of rotatable bonds is 9. The Morgan fingerprint density at radius 2 is 1.83 bits per heavy atom. The largest absolute Gasteiger partial charge is 0.370 e. The molecule has 162 valence electrons. The minimum atomic E-state index is -0.141. The number of thiophene rings is 1. The Labute approximate surface area is 188 Å². The Hall–Kier alpha value is -1.24. The highest BCUT2D eigenvalue weighted by Gasteiger charge is 2.28. The summed E-state index contributed by atoms with van der Waals surface area (Å²) in [6.45, 7) is 9.18. The zero-order valence-corrected chi connectivity index (χ0v) is 20.3. The molecule has 4 nitrogen and oxygen atoms in total. The molecule has 0 N–H and O–H groups in total. The molecule has 0 amide bonds. The van der Waals surface area contributed by atoms with Gasteiger partial charge in [-0.3, -0.25) is 0 Å². The number of aryl methyl sites for hydroxylation is 1. The minimum absolute atomic E-state index is 0.141. The smallest absolute Gasteiger partial charge is 0.127 e. The average Bonchev–Trinajstić information content (AvgIpc) is 3.05. The first kappa shape index (κ1) is 22.0. The lowest BCUT2D eigenvalue weighted by atomic mass is 9.95. The van der Waals surface area contributed by atoms with E-state index in [0.717, 1.165) is 38.8 Å². The number of nitrogens with zero attached hydrogens (tertiary/aromatic N) is 3. The summed E-state index contributed by atoms with van der Waals surface area (Å²) in [6, 6.07) is 2.25. The molecule has 0 fully saturated rings. The normalized spacial score (nSPS) is 15.7. The molecule has 1 aliphatic heterocycles. The third-order valence-electron chi connectivity index (χ3n) is 5.75. The van der Waals surface area contributed by atoms with E-state index in [1.54, 1.807) is 11.3 Å². The van der Waals surface area contributed by atoms with Crippen LogP contribution < -0.4 is 0 Å². The van der Waals surface area contributed by atoms with Crippen molar-refractivity contribution in [2.24, 2.45) is 0 Å². The summed E-state index contributed by atoms with van der Waals surface area (Å²) in [5.74, 6) is 1.97. The van der Waals surface area contributed by atoms with Crippen molar-refractivity contribution in [3.8, 4) is 0 Å². The number of pyridine rings is 1. The van der Waals surface area contributed by atoms with Gasteiger partial charge in [-0.25, -0.2) is 15.0 Å². The maximum absolute atomic E-state index is 6.01. The fraction of sp³-hybridized carbons (Fsp3) is 0.625. The van der Waals surface area contributed by atoms with Crippen LogP contribution in [0.1, 0.15) is 82.8 Å². The van der Waals surface area contributed by atoms with Gasteiger partial charge in [-0.15, -0.1) is 23.1 Å². The Balaban J connectivity index is 1.51. The van der Waals surface area contributed by atoms with Gasteiger partial charge in [0.15, 0.2) is 0 Å². The maximum Gasteiger partial charge on any atom is 0.127 e.